The molecule has 1 N–H and O–H groups in total. The second-order valence-electron chi connectivity index (χ2n) is 7.51. The molecule has 2 heterocycles. The number of hydrogen-bond acceptors (Lipinski definition) is 6. The van der Waals surface area contributed by atoms with E-state index < -0.39 is 10.0 Å². The van der Waals surface area contributed by atoms with Gasteiger partial charge >= 0.3 is 0 Å². The van der Waals surface area contributed by atoms with Crippen molar-refractivity contribution < 1.29 is 13.2 Å². The Morgan fingerprint density at radius 3 is 2.39 bits per heavy atom. The van der Waals surface area contributed by atoms with E-state index in [9.17, 15) is 13.2 Å². The molecule has 1 fully saturated rings. The van der Waals surface area contributed by atoms with Crippen LogP contribution in [0.3, 0.4) is 0 Å². The number of aromatic amines is 1. The van der Waals surface area contributed by atoms with Gasteiger partial charge in [0.05, 0.1) is 29.0 Å². The summed E-state index contributed by atoms with van der Waals surface area (Å²) in [7, 11) is -2.02. The maximum Gasteiger partial charge on any atom is 0.258 e. The van der Waals surface area contributed by atoms with Crippen molar-refractivity contribution in [3.05, 3.63) is 64.7 Å². The SMILES string of the molecule is CCC(c1nc2ccccc2c(=O)[nH]1)N1CCN(S(=O)(=O)c2ccc(OC)cc2)CC1. The van der Waals surface area contributed by atoms with Crippen molar-refractivity contribution in [2.45, 2.75) is 24.3 Å². The standard InChI is InChI=1S/C22H26N4O4S/c1-3-20(21-23-19-7-5-4-6-18(19)22(27)24-21)25-12-14-26(15-13-25)31(28,29)17-10-8-16(30-2)9-11-17/h4-11,20H,3,12-15H2,1-2H3,(H,23,24,27). The van der Waals surface area contributed by atoms with Gasteiger partial charge in [0.15, 0.2) is 0 Å². The van der Waals surface area contributed by atoms with Crippen molar-refractivity contribution in [2.24, 2.45) is 0 Å². The highest BCUT2D eigenvalue weighted by Gasteiger charge is 2.32. The third-order valence-electron chi connectivity index (χ3n) is 5.74. The van der Waals surface area contributed by atoms with Crippen molar-refractivity contribution in [3.8, 4) is 5.75 Å². The Bertz CT molecular complexity index is 1220. The highest BCUT2D eigenvalue weighted by atomic mass is 32.2. The number of benzene rings is 2. The van der Waals surface area contributed by atoms with E-state index in [1.165, 1.54) is 4.31 Å². The molecule has 164 valence electrons. The molecule has 0 aliphatic carbocycles. The first-order chi connectivity index (χ1) is 14.9. The van der Waals surface area contributed by atoms with Crippen molar-refractivity contribution in [2.75, 3.05) is 33.3 Å². The Balaban J connectivity index is 1.51. The van der Waals surface area contributed by atoms with Gasteiger partial charge in [0.2, 0.25) is 10.0 Å². The quantitative estimate of drug-likeness (QED) is 0.630. The molecule has 0 spiro atoms. The first-order valence-electron chi connectivity index (χ1n) is 10.3. The third kappa shape index (κ3) is 4.21. The number of hydrogen-bond donors (Lipinski definition) is 1. The molecule has 1 saturated heterocycles. The number of sulfonamides is 1. The van der Waals surface area contributed by atoms with Crippen LogP contribution in [0.15, 0.2) is 58.2 Å². The third-order valence-corrected chi connectivity index (χ3v) is 7.66. The fourth-order valence-corrected chi connectivity index (χ4v) is 5.46. The second-order valence-corrected chi connectivity index (χ2v) is 9.45. The van der Waals surface area contributed by atoms with Gasteiger partial charge in [-0.25, -0.2) is 13.4 Å². The summed E-state index contributed by atoms with van der Waals surface area (Å²) in [5.74, 6) is 1.24. The molecule has 31 heavy (non-hydrogen) atoms. The minimum absolute atomic E-state index is 0.0804. The van der Waals surface area contributed by atoms with Crippen LogP contribution in [0.4, 0.5) is 0 Å². The van der Waals surface area contributed by atoms with Gasteiger partial charge in [-0.3, -0.25) is 9.69 Å². The summed E-state index contributed by atoms with van der Waals surface area (Å²) in [6.45, 7) is 3.92. The molecule has 1 atom stereocenters. The number of methoxy groups -OCH3 is 1. The van der Waals surface area contributed by atoms with Crippen LogP contribution < -0.4 is 10.3 Å². The zero-order chi connectivity index (χ0) is 22.0. The molecule has 0 amide bonds. The molecule has 9 heteroatoms. The molecule has 4 rings (SSSR count). The van der Waals surface area contributed by atoms with Crippen LogP contribution in [0.2, 0.25) is 0 Å². The lowest BCUT2D eigenvalue weighted by atomic mass is 10.1. The fourth-order valence-electron chi connectivity index (χ4n) is 4.04. The highest BCUT2D eigenvalue weighted by molar-refractivity contribution is 7.89. The monoisotopic (exact) mass is 442 g/mol. The van der Waals surface area contributed by atoms with E-state index in [1.54, 1.807) is 37.4 Å². The maximum absolute atomic E-state index is 13.0. The van der Waals surface area contributed by atoms with Crippen LogP contribution in [0.25, 0.3) is 10.9 Å². The zero-order valence-corrected chi connectivity index (χ0v) is 18.4. The predicted molar refractivity (Wildman–Crippen MR) is 119 cm³/mol. The number of nitrogens with zero attached hydrogens (tertiary/aromatic N) is 3. The number of aromatic nitrogens is 2. The Labute approximate surface area is 181 Å². The lowest BCUT2D eigenvalue weighted by Crippen LogP contribution is -2.49. The Morgan fingerprint density at radius 2 is 1.74 bits per heavy atom. The van der Waals surface area contributed by atoms with E-state index in [1.807, 2.05) is 25.1 Å². The van der Waals surface area contributed by atoms with Gasteiger partial charge in [-0.1, -0.05) is 19.1 Å². The molecule has 1 aliphatic heterocycles. The number of ether oxygens (including phenoxy) is 1. The van der Waals surface area contributed by atoms with Crippen molar-refractivity contribution >= 4 is 20.9 Å². The van der Waals surface area contributed by atoms with Gasteiger partial charge in [0.25, 0.3) is 5.56 Å². The van der Waals surface area contributed by atoms with Crippen molar-refractivity contribution in [3.63, 3.8) is 0 Å². The minimum atomic E-state index is -3.57. The summed E-state index contributed by atoms with van der Waals surface area (Å²) in [5, 5.41) is 0.566. The van der Waals surface area contributed by atoms with Crippen molar-refractivity contribution in [1.29, 1.82) is 0 Å². The smallest absolute Gasteiger partial charge is 0.258 e. The van der Waals surface area contributed by atoms with Gasteiger partial charge in [-0.2, -0.15) is 4.31 Å². The summed E-state index contributed by atoms with van der Waals surface area (Å²) < 4.78 is 32.6. The molecule has 1 unspecified atom stereocenters. The largest absolute Gasteiger partial charge is 0.497 e. The van der Waals surface area contributed by atoms with E-state index in [2.05, 4.69) is 14.9 Å². The normalized spacial score (nSPS) is 17.0. The molecule has 0 bridgehead atoms. The van der Waals surface area contributed by atoms with E-state index in [4.69, 9.17) is 4.74 Å². The molecule has 2 aromatic carbocycles. The van der Waals surface area contributed by atoms with Crippen LogP contribution in [0, 0.1) is 0 Å². The highest BCUT2D eigenvalue weighted by Crippen LogP contribution is 2.26. The van der Waals surface area contributed by atoms with Gasteiger partial charge in [0, 0.05) is 26.2 Å². The summed E-state index contributed by atoms with van der Waals surface area (Å²) in [4.78, 5) is 22.5. The number of para-hydroxylation sites is 1. The average molecular weight is 443 g/mol. The summed E-state index contributed by atoms with van der Waals surface area (Å²) >= 11 is 0. The topological polar surface area (TPSA) is 95.6 Å². The molecule has 0 radical (unpaired) electrons. The molecule has 1 aliphatic rings. The molecule has 1 aromatic heterocycles. The number of rotatable bonds is 6. The fraction of sp³-hybridized carbons (Fsp3) is 0.364. The Hall–Kier alpha value is -2.75. The van der Waals surface area contributed by atoms with Crippen molar-refractivity contribution in [1.82, 2.24) is 19.2 Å². The lowest BCUT2D eigenvalue weighted by molar-refractivity contribution is 0.128. The number of H-pyrrole nitrogens is 1. The first kappa shape index (κ1) is 21.5. The maximum atomic E-state index is 13.0. The summed E-state index contributed by atoms with van der Waals surface area (Å²) in [6, 6.07) is 13.6. The van der Waals surface area contributed by atoms with E-state index in [0.29, 0.717) is 48.7 Å². The Morgan fingerprint density at radius 1 is 1.06 bits per heavy atom. The number of fused-ring (bicyclic) bond motifs is 1. The molecule has 8 nitrogen and oxygen atoms in total. The zero-order valence-electron chi connectivity index (χ0n) is 17.6. The van der Waals surface area contributed by atoms with Gasteiger partial charge < -0.3 is 9.72 Å². The number of nitrogens with one attached hydrogen (secondary N) is 1. The van der Waals surface area contributed by atoms with Gasteiger partial charge in [0.1, 0.15) is 11.6 Å². The molecule has 3 aromatic rings. The second kappa shape index (κ2) is 8.78. The van der Waals surface area contributed by atoms with E-state index >= 15 is 0 Å². The van der Waals surface area contributed by atoms with E-state index in [0.717, 1.165) is 6.42 Å². The van der Waals surface area contributed by atoms with Crippen LogP contribution in [-0.4, -0.2) is 60.9 Å². The average Bonchev–Trinajstić information content (AvgIpc) is 2.80. The van der Waals surface area contributed by atoms with Crippen LogP contribution >= 0.6 is 0 Å². The van der Waals surface area contributed by atoms with Gasteiger partial charge in [-0.15, -0.1) is 0 Å². The minimum Gasteiger partial charge on any atom is -0.497 e. The Kier molecular flexibility index (Phi) is 6.08. The van der Waals surface area contributed by atoms with E-state index in [-0.39, 0.29) is 16.5 Å². The number of piperazine rings is 1. The summed E-state index contributed by atoms with van der Waals surface area (Å²) in [5.41, 5.74) is 0.514. The lowest BCUT2D eigenvalue weighted by Gasteiger charge is -2.38. The van der Waals surface area contributed by atoms with Crippen LogP contribution in [0.5, 0.6) is 5.75 Å². The first-order valence-corrected chi connectivity index (χ1v) is 11.7. The van der Waals surface area contributed by atoms with Crippen LogP contribution in [-0.2, 0) is 10.0 Å². The van der Waals surface area contributed by atoms with Crippen LogP contribution in [0.1, 0.15) is 25.2 Å². The predicted octanol–water partition coefficient (Wildman–Crippen LogP) is 2.39. The molecular weight excluding hydrogens is 416 g/mol. The molecule has 0 saturated carbocycles. The van der Waals surface area contributed by atoms with Gasteiger partial charge in [-0.05, 0) is 42.8 Å². The summed E-state index contributed by atoms with van der Waals surface area (Å²) in [6.07, 6.45) is 0.756. The molecular formula is C22H26N4O4S.